The first-order valence-electron chi connectivity index (χ1n) is 33.7. The number of nitrogens with zero attached hydrogens (tertiary/aromatic N) is 6. The molecule has 3 aromatic rings. The van der Waals surface area contributed by atoms with Crippen LogP contribution in [0.15, 0.2) is 49.3 Å². The van der Waals surface area contributed by atoms with Crippen molar-refractivity contribution in [1.29, 1.82) is 0 Å². The molecule has 104 heavy (non-hydrogen) atoms. The molecular weight excluding hydrogens is 1420 g/mol. The van der Waals surface area contributed by atoms with Crippen molar-refractivity contribution in [2.75, 3.05) is 118 Å². The number of hydrogen-bond donors (Lipinski definition) is 14. The molecule has 4 atom stereocenters. The summed E-state index contributed by atoms with van der Waals surface area (Å²) in [7, 11) is 0. The molecule has 0 unspecified atom stereocenters. The number of carbonyl (C=O) groups is 15. The first-order chi connectivity index (χ1) is 49.2. The smallest absolute Gasteiger partial charge is 0.550 e. The summed E-state index contributed by atoms with van der Waals surface area (Å²) < 4.78 is 0. The fraction of sp³-hybridized carbons (Fsp3) is 0.578. The molecule has 0 spiro atoms. The maximum absolute atomic E-state index is 14.7. The van der Waals surface area contributed by atoms with Crippen LogP contribution in [0.4, 0.5) is 0 Å². The number of benzene rings is 1. The number of imidazole rings is 2. The Hall–Kier alpha value is -10.0. The van der Waals surface area contributed by atoms with Gasteiger partial charge < -0.3 is 114 Å². The molecule has 3 heterocycles. The Labute approximate surface area is 613 Å². The van der Waals surface area contributed by atoms with Crippen LogP contribution in [-0.4, -0.2) is 295 Å². The number of primary amides is 1. The van der Waals surface area contributed by atoms with Crippen molar-refractivity contribution < 1.29 is 98.9 Å². The SMILES string of the molecule is NC(=O)[C@@H](CCCCNC(=O)CNC(=O)CCC(=O)NCCc1cnc[nH]1)NC(=O)[C@@H](CCC(=O)[O-])NC(=O)[C@@H](CCCCNC(=O)CNC(=O)CCC(=O)NCCc1cnc[nH]1)NC(=O)[C@@H](Cc1ccc(O)cc1)NC(=O)CN1CCN(CC(=O)[O-])CCN(CC(=O)[O-])CCN(CC(=O)[O-])CC1.[68Ga+3].[H+]. The van der Waals surface area contributed by atoms with E-state index in [1.54, 1.807) is 17.3 Å². The fourth-order valence-corrected chi connectivity index (χ4v) is 10.4. The van der Waals surface area contributed by atoms with Gasteiger partial charge in [0.2, 0.25) is 65.0 Å². The van der Waals surface area contributed by atoms with E-state index in [0.717, 1.165) is 11.4 Å². The topological polar surface area (TPSA) is 585 Å². The summed E-state index contributed by atoms with van der Waals surface area (Å²) in [5.74, 6) is -14.2. The quantitative estimate of drug-likeness (QED) is 0.0184. The number of carbonyl (C=O) groups excluding carboxylic acids is 15. The van der Waals surface area contributed by atoms with E-state index in [-0.39, 0.29) is 175 Å². The molecule has 568 valence electrons. The number of hydrogen-bond acceptors (Lipinski definition) is 26. The zero-order chi connectivity index (χ0) is 75.5. The maximum atomic E-state index is 14.7. The van der Waals surface area contributed by atoms with E-state index in [4.69, 9.17) is 5.73 Å². The van der Waals surface area contributed by atoms with E-state index in [0.29, 0.717) is 31.5 Å². The summed E-state index contributed by atoms with van der Waals surface area (Å²) in [6.45, 7) is -2.49. The molecule has 40 heteroatoms. The van der Waals surface area contributed by atoms with E-state index < -0.39 is 153 Å². The molecule has 1 fully saturated rings. The van der Waals surface area contributed by atoms with Gasteiger partial charge in [0.15, 0.2) is 0 Å². The number of nitrogens with two attached hydrogens (primary N) is 1. The van der Waals surface area contributed by atoms with Gasteiger partial charge in [-0.15, -0.1) is 0 Å². The average Bonchev–Trinajstić information content (AvgIpc) is 1.25. The number of amides is 11. The minimum Gasteiger partial charge on any atom is -0.550 e. The first kappa shape index (κ1) is 88.2. The van der Waals surface area contributed by atoms with Crippen molar-refractivity contribution in [3.8, 4) is 5.75 Å². The molecule has 0 aliphatic carbocycles. The van der Waals surface area contributed by atoms with Crippen molar-refractivity contribution in [2.45, 2.75) is 120 Å². The van der Waals surface area contributed by atoms with Crippen LogP contribution in [0.3, 0.4) is 0 Å². The van der Waals surface area contributed by atoms with Gasteiger partial charge in [-0.05, 0) is 69.1 Å². The number of unbranched alkanes of at least 4 members (excludes halogenated alkanes) is 2. The normalized spacial score (nSPS) is 14.3. The number of nitrogens with one attached hydrogen (secondary N) is 12. The Morgan fingerprint density at radius 1 is 0.433 bits per heavy atom. The largest absolute Gasteiger partial charge is 3.00 e. The molecular formula is C64H94GaN19O20. The van der Waals surface area contributed by atoms with E-state index in [1.807, 2.05) is 0 Å². The van der Waals surface area contributed by atoms with E-state index in [1.165, 1.54) is 51.6 Å². The molecule has 39 nitrogen and oxygen atoms in total. The first-order valence-corrected chi connectivity index (χ1v) is 33.7. The van der Waals surface area contributed by atoms with Gasteiger partial charge in [0.05, 0.1) is 50.2 Å². The monoisotopic (exact) mass is 1520 g/mol. The van der Waals surface area contributed by atoms with Crippen LogP contribution >= 0.6 is 0 Å². The molecule has 11 amide bonds. The van der Waals surface area contributed by atoms with E-state index >= 15 is 0 Å². The molecule has 1 aliphatic rings. The number of H-pyrrole nitrogens is 2. The molecule has 15 N–H and O–H groups in total. The number of aliphatic carboxylic acids is 4. The Balaban J connectivity index is 0.0000187. The van der Waals surface area contributed by atoms with Gasteiger partial charge in [-0.2, -0.15) is 0 Å². The number of phenols is 1. The fourth-order valence-electron chi connectivity index (χ4n) is 10.4. The number of aromatic amines is 2. The third-order valence-electron chi connectivity index (χ3n) is 16.0. The molecule has 0 radical (unpaired) electrons. The second-order valence-corrected chi connectivity index (χ2v) is 24.3. The van der Waals surface area contributed by atoms with Crippen LogP contribution in [0, 0.1) is 0 Å². The Morgan fingerprint density at radius 2 is 0.798 bits per heavy atom. The molecule has 1 aromatic carbocycles. The summed E-state index contributed by atoms with van der Waals surface area (Å²) >= 11 is 0. The third kappa shape index (κ3) is 39.4. The average molecular weight is 1520 g/mol. The number of rotatable bonds is 47. The van der Waals surface area contributed by atoms with Gasteiger partial charge in [0.1, 0.15) is 29.9 Å². The predicted molar refractivity (Wildman–Crippen MR) is 359 cm³/mol. The second kappa shape index (κ2) is 49.6. The standard InChI is InChI=1S/C64H97N19O20.Ga/c65-61(100)46(5-1-3-19-68-54(89)34-72-52(87)14-12-50(85)70-21-17-43-32-66-40-74-43)77-63(102)48(11-16-57(92)93)79-62(101)47(6-2-4-20-69-55(90)35-73-53(88)15-13-51(86)71-22-18-44-33-67-41-75-44)78-64(103)49(31-42-7-9-45(84)10-8-42)76-56(91)36-80-23-25-81(37-58(94)95)27-29-83(39-60(98)99)30-28-82(26-24-80)38-59(96)97;/h7-10,32-33,40-41,46-49,84H,1-6,11-31,34-39H2,(H2,65,100)(H,66,74)(H,67,75)(H,68,89)(H,69,90)(H,70,85)(H,71,86)(H,72,87)(H,73,88)(H,76,91)(H,77,102)(H,78,103)(H,79,101)(H,92,93)(H,94,95)(H,96,97)(H,98,99);/q;+3/p-3/t46-,47-,48-,49-;/m1./s1/i;1-2. The zero-order valence-corrected chi connectivity index (χ0v) is 60.2. The van der Waals surface area contributed by atoms with Crippen LogP contribution in [0.5, 0.6) is 5.75 Å². The molecule has 1 saturated heterocycles. The van der Waals surface area contributed by atoms with Gasteiger partial charge >= 0.3 is 21.2 Å². The minimum atomic E-state index is -1.74. The number of carboxylic acids is 4. The maximum Gasteiger partial charge on any atom is 3.00 e. The Kier molecular flexibility index (Phi) is 42.0. The Bertz CT molecular complexity index is 3240. The van der Waals surface area contributed by atoms with Crippen LogP contribution in [-0.2, 0) is 91.2 Å². The van der Waals surface area contributed by atoms with Gasteiger partial charge in [-0.1, -0.05) is 12.1 Å². The summed E-state index contributed by atoms with van der Waals surface area (Å²) in [4.78, 5) is 212. The number of phenolic OH excluding ortho intramolecular Hbond substituents is 1. The van der Waals surface area contributed by atoms with Crippen LogP contribution in [0.25, 0.3) is 0 Å². The van der Waals surface area contributed by atoms with Crippen LogP contribution in [0.2, 0.25) is 0 Å². The molecule has 0 bridgehead atoms. The van der Waals surface area contributed by atoms with Crippen LogP contribution < -0.4 is 79.3 Å². The van der Waals surface area contributed by atoms with E-state index in [9.17, 15) is 97.5 Å². The number of aromatic hydroxyl groups is 1. The zero-order valence-electron chi connectivity index (χ0n) is 58.8. The predicted octanol–water partition coefficient (Wildman–Crippen LogP) is -11.4. The van der Waals surface area contributed by atoms with Crippen molar-refractivity contribution in [3.63, 3.8) is 0 Å². The third-order valence-corrected chi connectivity index (χ3v) is 16.0. The van der Waals surface area contributed by atoms with Gasteiger partial charge in [0, 0.05) is 173 Å². The summed E-state index contributed by atoms with van der Waals surface area (Å²) in [6, 6.07) is -0.804. The van der Waals surface area contributed by atoms with Crippen molar-refractivity contribution in [3.05, 3.63) is 66.3 Å². The summed E-state index contributed by atoms with van der Waals surface area (Å²) in [6.07, 6.45) is 4.99. The summed E-state index contributed by atoms with van der Waals surface area (Å²) in [5, 5.41) is 82.7. The molecule has 4 rings (SSSR count). The minimum absolute atomic E-state index is 0. The summed E-state index contributed by atoms with van der Waals surface area (Å²) in [5.41, 5.74) is 7.68. The van der Waals surface area contributed by atoms with Crippen LogP contribution in [0.1, 0.15) is 95.4 Å². The number of carboxylic acid groups (broad SMARTS) is 4. The van der Waals surface area contributed by atoms with Crippen molar-refractivity contribution in [1.82, 2.24) is 92.7 Å². The van der Waals surface area contributed by atoms with Gasteiger partial charge in [-0.3, -0.25) is 72.3 Å². The molecule has 0 saturated carbocycles. The van der Waals surface area contributed by atoms with Crippen molar-refractivity contribution >= 4 is 109 Å². The van der Waals surface area contributed by atoms with Crippen molar-refractivity contribution in [2.24, 2.45) is 5.73 Å². The number of aromatic nitrogens is 4. The molecule has 1 aliphatic heterocycles. The molecule has 2 aromatic heterocycles. The van der Waals surface area contributed by atoms with E-state index in [2.05, 4.69) is 73.1 Å². The Morgan fingerprint density at radius 3 is 1.18 bits per heavy atom. The second-order valence-electron chi connectivity index (χ2n) is 24.3. The van der Waals surface area contributed by atoms with Gasteiger partial charge in [-0.25, -0.2) is 9.97 Å². The van der Waals surface area contributed by atoms with Gasteiger partial charge in [0.25, 0.3) is 0 Å².